The van der Waals surface area contributed by atoms with Crippen molar-refractivity contribution >= 4 is 34.8 Å². The molecule has 1 rings (SSSR count). The van der Waals surface area contributed by atoms with Gasteiger partial charge in [0.15, 0.2) is 11.6 Å². The normalized spacial score (nSPS) is 10.4. The number of rotatable bonds is 3. The molecule has 0 aromatic heterocycles. The van der Waals surface area contributed by atoms with Crippen molar-refractivity contribution < 1.29 is 9.13 Å². The lowest BCUT2D eigenvalue weighted by Gasteiger charge is -2.04. The molecule has 0 aliphatic rings. The highest BCUT2D eigenvalue weighted by Gasteiger charge is 2.08. The topological polar surface area (TPSA) is 86.0 Å². The molecule has 0 unspecified atom stereocenters. The molecule has 0 aliphatic heterocycles. The van der Waals surface area contributed by atoms with Crippen LogP contribution in [0, 0.1) is 9.39 Å². The molecule has 0 radical (unpaired) electrons. The van der Waals surface area contributed by atoms with Crippen LogP contribution in [0.5, 0.6) is 5.75 Å². The first-order chi connectivity index (χ1) is 7.54. The van der Waals surface area contributed by atoms with E-state index in [-0.39, 0.29) is 11.7 Å². The van der Waals surface area contributed by atoms with Gasteiger partial charge in [-0.25, -0.2) is 4.39 Å². The number of nitrogens with zero attached hydrogens (tertiary/aromatic N) is 2. The van der Waals surface area contributed by atoms with E-state index in [0.29, 0.717) is 9.13 Å². The highest BCUT2D eigenvalue weighted by molar-refractivity contribution is 14.1. The SMILES string of the molecule is COc1c(F)cc(C=NN=C(N)N)cc1I. The van der Waals surface area contributed by atoms with Gasteiger partial charge < -0.3 is 16.2 Å². The number of halogens is 2. The van der Waals surface area contributed by atoms with Crippen LogP contribution in [0.15, 0.2) is 22.3 Å². The summed E-state index contributed by atoms with van der Waals surface area (Å²) < 4.78 is 18.9. The van der Waals surface area contributed by atoms with Crippen LogP contribution < -0.4 is 16.2 Å². The Balaban J connectivity index is 3.00. The van der Waals surface area contributed by atoms with E-state index in [1.165, 1.54) is 19.4 Å². The summed E-state index contributed by atoms with van der Waals surface area (Å²) in [5.41, 5.74) is 10.7. The zero-order chi connectivity index (χ0) is 12.1. The molecule has 0 bridgehead atoms. The summed E-state index contributed by atoms with van der Waals surface area (Å²) >= 11 is 1.96. The Morgan fingerprint density at radius 1 is 1.50 bits per heavy atom. The second-order valence-electron chi connectivity index (χ2n) is 2.79. The predicted molar refractivity (Wildman–Crippen MR) is 69.1 cm³/mol. The maximum absolute atomic E-state index is 13.4. The third kappa shape index (κ3) is 3.33. The van der Waals surface area contributed by atoms with E-state index in [4.69, 9.17) is 16.2 Å². The van der Waals surface area contributed by atoms with Gasteiger partial charge in [-0.15, -0.1) is 5.10 Å². The molecule has 0 saturated carbocycles. The van der Waals surface area contributed by atoms with Crippen LogP contribution in [0.25, 0.3) is 0 Å². The highest BCUT2D eigenvalue weighted by atomic mass is 127. The molecule has 0 saturated heterocycles. The Bertz CT molecular complexity index is 420. The summed E-state index contributed by atoms with van der Waals surface area (Å²) in [6.07, 6.45) is 1.35. The molecular formula is C9H10FIN4O. The van der Waals surface area contributed by atoms with Crippen LogP contribution in [-0.4, -0.2) is 19.3 Å². The zero-order valence-electron chi connectivity index (χ0n) is 8.45. The van der Waals surface area contributed by atoms with Crippen molar-refractivity contribution in [1.29, 1.82) is 0 Å². The predicted octanol–water partition coefficient (Wildman–Crippen LogP) is 1.05. The quantitative estimate of drug-likeness (QED) is 0.374. The summed E-state index contributed by atoms with van der Waals surface area (Å²) in [6, 6.07) is 2.99. The smallest absolute Gasteiger partial charge is 0.211 e. The monoisotopic (exact) mass is 336 g/mol. The minimum absolute atomic E-state index is 0.153. The van der Waals surface area contributed by atoms with Crippen molar-refractivity contribution in [3.05, 3.63) is 27.1 Å². The van der Waals surface area contributed by atoms with E-state index in [1.54, 1.807) is 6.07 Å². The van der Waals surface area contributed by atoms with Crippen LogP contribution in [0.2, 0.25) is 0 Å². The van der Waals surface area contributed by atoms with E-state index in [1.807, 2.05) is 22.6 Å². The molecule has 86 valence electrons. The second kappa shape index (κ2) is 5.64. The molecule has 1 aromatic rings. The summed E-state index contributed by atoms with van der Waals surface area (Å²) in [5.74, 6) is -0.403. The fraction of sp³-hybridized carbons (Fsp3) is 0.111. The Morgan fingerprint density at radius 3 is 2.69 bits per heavy atom. The van der Waals surface area contributed by atoms with Gasteiger partial charge in [-0.05, 0) is 40.3 Å². The highest BCUT2D eigenvalue weighted by Crippen LogP contribution is 2.25. The molecular weight excluding hydrogens is 326 g/mol. The van der Waals surface area contributed by atoms with E-state index in [2.05, 4.69) is 10.2 Å². The fourth-order valence-corrected chi connectivity index (χ4v) is 1.85. The maximum Gasteiger partial charge on any atom is 0.211 e. The van der Waals surface area contributed by atoms with Crippen LogP contribution in [0.1, 0.15) is 5.56 Å². The third-order valence-electron chi connectivity index (χ3n) is 1.60. The number of guanidine groups is 1. The number of hydrogen-bond donors (Lipinski definition) is 2. The van der Waals surface area contributed by atoms with Crippen molar-refractivity contribution in [1.82, 2.24) is 0 Å². The number of nitrogens with two attached hydrogens (primary N) is 2. The van der Waals surface area contributed by atoms with Gasteiger partial charge in [0.05, 0.1) is 16.9 Å². The third-order valence-corrected chi connectivity index (χ3v) is 2.41. The first-order valence-corrected chi connectivity index (χ1v) is 5.27. The molecule has 16 heavy (non-hydrogen) atoms. The minimum Gasteiger partial charge on any atom is -0.493 e. The van der Waals surface area contributed by atoms with Gasteiger partial charge in [0.1, 0.15) is 0 Å². The van der Waals surface area contributed by atoms with Gasteiger partial charge in [-0.2, -0.15) is 5.10 Å². The largest absolute Gasteiger partial charge is 0.493 e. The van der Waals surface area contributed by atoms with Gasteiger partial charge >= 0.3 is 0 Å². The Kier molecular flexibility index (Phi) is 4.47. The van der Waals surface area contributed by atoms with Gasteiger partial charge in [0.2, 0.25) is 5.96 Å². The summed E-state index contributed by atoms with van der Waals surface area (Å²) in [6.45, 7) is 0. The van der Waals surface area contributed by atoms with Crippen molar-refractivity contribution in [3.8, 4) is 5.75 Å². The Labute approximate surface area is 106 Å². The minimum atomic E-state index is -0.458. The number of benzene rings is 1. The van der Waals surface area contributed by atoms with E-state index in [9.17, 15) is 4.39 Å². The molecule has 0 amide bonds. The van der Waals surface area contributed by atoms with Crippen LogP contribution in [-0.2, 0) is 0 Å². The van der Waals surface area contributed by atoms with Crippen molar-refractivity contribution in [2.45, 2.75) is 0 Å². The average molecular weight is 336 g/mol. The molecule has 7 heteroatoms. The van der Waals surface area contributed by atoms with E-state index < -0.39 is 5.82 Å². The van der Waals surface area contributed by atoms with E-state index >= 15 is 0 Å². The zero-order valence-corrected chi connectivity index (χ0v) is 10.6. The maximum atomic E-state index is 13.4. The van der Waals surface area contributed by atoms with Crippen LogP contribution in [0.4, 0.5) is 4.39 Å². The second-order valence-corrected chi connectivity index (χ2v) is 3.95. The van der Waals surface area contributed by atoms with Gasteiger partial charge in [-0.1, -0.05) is 0 Å². The molecule has 0 spiro atoms. The first kappa shape index (κ1) is 12.7. The number of methoxy groups -OCH3 is 1. The van der Waals surface area contributed by atoms with Gasteiger partial charge in [0.25, 0.3) is 0 Å². The molecule has 5 nitrogen and oxygen atoms in total. The molecule has 0 fully saturated rings. The first-order valence-electron chi connectivity index (χ1n) is 4.19. The van der Waals surface area contributed by atoms with Crippen molar-refractivity contribution in [2.24, 2.45) is 21.7 Å². The van der Waals surface area contributed by atoms with Gasteiger partial charge in [0, 0.05) is 0 Å². The van der Waals surface area contributed by atoms with Crippen LogP contribution in [0.3, 0.4) is 0 Å². The lowest BCUT2D eigenvalue weighted by molar-refractivity contribution is 0.383. The standard InChI is InChI=1S/C9H10FIN4O/c1-16-8-6(10)2-5(3-7(8)11)4-14-15-9(12)13/h2-4H,1H3,(H4,12,13,15). The van der Waals surface area contributed by atoms with Crippen LogP contribution >= 0.6 is 22.6 Å². The summed E-state index contributed by atoms with van der Waals surface area (Å²) in [5, 5.41) is 6.99. The summed E-state index contributed by atoms with van der Waals surface area (Å²) in [4.78, 5) is 0. The molecule has 1 aromatic carbocycles. The molecule has 0 heterocycles. The Morgan fingerprint density at radius 2 is 2.19 bits per heavy atom. The molecule has 0 aliphatic carbocycles. The lowest BCUT2D eigenvalue weighted by atomic mass is 10.2. The number of hydrogen-bond acceptors (Lipinski definition) is 3. The molecule has 0 atom stereocenters. The average Bonchev–Trinajstić information content (AvgIpc) is 2.16. The van der Waals surface area contributed by atoms with Crippen molar-refractivity contribution in [3.63, 3.8) is 0 Å². The number of ether oxygens (including phenoxy) is 1. The summed E-state index contributed by atoms with van der Waals surface area (Å²) in [7, 11) is 1.41. The van der Waals surface area contributed by atoms with Crippen molar-refractivity contribution in [2.75, 3.05) is 7.11 Å². The molecule has 4 N–H and O–H groups in total. The van der Waals surface area contributed by atoms with Gasteiger partial charge in [-0.3, -0.25) is 0 Å². The Hall–Kier alpha value is -1.38. The van der Waals surface area contributed by atoms with E-state index in [0.717, 1.165) is 0 Å². The lowest BCUT2D eigenvalue weighted by Crippen LogP contribution is -2.21. The fourth-order valence-electron chi connectivity index (χ4n) is 1.01.